The second-order valence-corrected chi connectivity index (χ2v) is 7.08. The van der Waals surface area contributed by atoms with E-state index >= 15 is 0 Å². The van der Waals surface area contributed by atoms with Crippen LogP contribution >= 0.6 is 0 Å². The van der Waals surface area contributed by atoms with Crippen molar-refractivity contribution in [3.63, 3.8) is 0 Å². The molecule has 6 nitrogen and oxygen atoms in total. The highest BCUT2D eigenvalue weighted by atomic mass is 16.3. The summed E-state index contributed by atoms with van der Waals surface area (Å²) >= 11 is 0. The van der Waals surface area contributed by atoms with Crippen molar-refractivity contribution in [2.24, 2.45) is 11.5 Å². The Balaban J connectivity index is 2.20. The normalized spacial score (nSPS) is 12.4. The summed E-state index contributed by atoms with van der Waals surface area (Å²) in [5, 5.41) is 9.70. The van der Waals surface area contributed by atoms with E-state index in [9.17, 15) is 14.7 Å². The first kappa shape index (κ1) is 22.0. The van der Waals surface area contributed by atoms with Crippen molar-refractivity contribution < 1.29 is 14.7 Å². The zero-order chi connectivity index (χ0) is 21.6. The summed E-state index contributed by atoms with van der Waals surface area (Å²) in [4.78, 5) is 26.0. The van der Waals surface area contributed by atoms with Crippen LogP contribution < -0.4 is 11.5 Å². The first-order valence-electron chi connectivity index (χ1n) is 9.39. The second-order valence-electron chi connectivity index (χ2n) is 7.08. The highest BCUT2D eigenvalue weighted by molar-refractivity contribution is 5.89. The molecule has 0 aromatic heterocycles. The molecule has 0 heterocycles. The number of benzene rings is 2. The van der Waals surface area contributed by atoms with Gasteiger partial charge in [0.25, 0.3) is 0 Å². The van der Waals surface area contributed by atoms with Gasteiger partial charge in [-0.2, -0.15) is 0 Å². The maximum atomic E-state index is 13.0. The summed E-state index contributed by atoms with van der Waals surface area (Å²) in [6.07, 6.45) is 0.283. The van der Waals surface area contributed by atoms with E-state index in [0.29, 0.717) is 0 Å². The molecule has 0 spiro atoms. The summed E-state index contributed by atoms with van der Waals surface area (Å²) in [5.74, 6) is 5.05. The van der Waals surface area contributed by atoms with Gasteiger partial charge >= 0.3 is 0 Å². The molecule has 1 unspecified atom stereocenters. The standard InChI is InChI=1S/C23H27N3O3/c1-15-12-19(27)13-16(2)20(15)14-21(24)23(29)26(17(3)22(25)28)11-7-10-18-8-5-4-6-9-18/h4-6,8-9,12-13,17,21,27H,11,14,24H2,1-3H3,(H2,25,28)/t17-,21?/m1/s1. The van der Waals surface area contributed by atoms with Gasteiger partial charge in [-0.3, -0.25) is 9.59 Å². The van der Waals surface area contributed by atoms with Gasteiger partial charge in [0.1, 0.15) is 11.8 Å². The predicted molar refractivity (Wildman–Crippen MR) is 113 cm³/mol. The van der Waals surface area contributed by atoms with Gasteiger partial charge in [-0.1, -0.05) is 30.0 Å². The van der Waals surface area contributed by atoms with E-state index in [1.54, 1.807) is 19.1 Å². The number of aromatic hydroxyl groups is 1. The van der Waals surface area contributed by atoms with Crippen LogP contribution in [-0.2, 0) is 16.0 Å². The molecule has 2 aromatic carbocycles. The van der Waals surface area contributed by atoms with Crippen molar-refractivity contribution in [1.82, 2.24) is 4.90 Å². The minimum absolute atomic E-state index is 0.0408. The van der Waals surface area contributed by atoms with E-state index in [1.165, 1.54) is 4.90 Å². The minimum Gasteiger partial charge on any atom is -0.508 e. The molecule has 2 aromatic rings. The Morgan fingerprint density at radius 1 is 1.14 bits per heavy atom. The molecule has 2 atom stereocenters. The maximum absolute atomic E-state index is 13.0. The van der Waals surface area contributed by atoms with Gasteiger partial charge in [-0.05, 0) is 68.1 Å². The van der Waals surface area contributed by atoms with Gasteiger partial charge in [0.2, 0.25) is 11.8 Å². The number of hydrogen-bond donors (Lipinski definition) is 3. The van der Waals surface area contributed by atoms with Gasteiger partial charge in [-0.15, -0.1) is 0 Å². The molecule has 5 N–H and O–H groups in total. The lowest BCUT2D eigenvalue weighted by atomic mass is 9.95. The Labute approximate surface area is 171 Å². The van der Waals surface area contributed by atoms with Gasteiger partial charge in [-0.25, -0.2) is 0 Å². The van der Waals surface area contributed by atoms with Crippen LogP contribution in [0.5, 0.6) is 5.75 Å². The van der Waals surface area contributed by atoms with Crippen molar-refractivity contribution in [2.75, 3.05) is 6.54 Å². The fourth-order valence-corrected chi connectivity index (χ4v) is 3.12. The van der Waals surface area contributed by atoms with Crippen molar-refractivity contribution >= 4 is 11.8 Å². The van der Waals surface area contributed by atoms with E-state index in [1.807, 2.05) is 44.2 Å². The van der Waals surface area contributed by atoms with Crippen LogP contribution in [0, 0.1) is 25.7 Å². The molecule has 2 rings (SSSR count). The van der Waals surface area contributed by atoms with Crippen LogP contribution in [0.4, 0.5) is 0 Å². The number of aryl methyl sites for hydroxylation is 2. The topological polar surface area (TPSA) is 110 Å². The molecular formula is C23H27N3O3. The number of phenols is 1. The van der Waals surface area contributed by atoms with E-state index in [-0.39, 0.29) is 18.7 Å². The fourth-order valence-electron chi connectivity index (χ4n) is 3.12. The lowest BCUT2D eigenvalue weighted by molar-refractivity contribution is -0.139. The van der Waals surface area contributed by atoms with Crippen molar-refractivity contribution in [3.05, 3.63) is 64.7 Å². The number of hydrogen-bond acceptors (Lipinski definition) is 4. The largest absolute Gasteiger partial charge is 0.508 e. The van der Waals surface area contributed by atoms with E-state index in [2.05, 4.69) is 11.8 Å². The molecule has 0 bridgehead atoms. The molecule has 0 aliphatic heterocycles. The van der Waals surface area contributed by atoms with E-state index in [4.69, 9.17) is 11.5 Å². The average molecular weight is 393 g/mol. The van der Waals surface area contributed by atoms with Crippen LogP contribution in [0.1, 0.15) is 29.2 Å². The number of carbonyl (C=O) groups is 2. The molecule has 29 heavy (non-hydrogen) atoms. The van der Waals surface area contributed by atoms with Gasteiger partial charge in [0.05, 0.1) is 12.6 Å². The fraction of sp³-hybridized carbons (Fsp3) is 0.304. The lowest BCUT2D eigenvalue weighted by Gasteiger charge is -2.28. The number of nitrogens with two attached hydrogens (primary N) is 2. The monoisotopic (exact) mass is 393 g/mol. The van der Waals surface area contributed by atoms with E-state index in [0.717, 1.165) is 22.3 Å². The molecule has 0 aliphatic rings. The van der Waals surface area contributed by atoms with E-state index < -0.39 is 23.9 Å². The van der Waals surface area contributed by atoms with Crippen LogP contribution in [0.25, 0.3) is 0 Å². The summed E-state index contributed by atoms with van der Waals surface area (Å²) in [6.45, 7) is 5.32. The Morgan fingerprint density at radius 2 is 1.72 bits per heavy atom. The molecule has 0 aliphatic carbocycles. The molecule has 0 fully saturated rings. The Hall–Kier alpha value is -3.30. The molecule has 0 saturated heterocycles. The Bertz CT molecular complexity index is 922. The second kappa shape index (κ2) is 9.76. The summed E-state index contributed by atoms with van der Waals surface area (Å²) < 4.78 is 0. The number of rotatable bonds is 6. The number of carbonyl (C=O) groups excluding carboxylic acids is 2. The third kappa shape index (κ3) is 5.84. The number of primary amides is 1. The van der Waals surface area contributed by atoms with Crippen molar-refractivity contribution in [2.45, 2.75) is 39.3 Å². The summed E-state index contributed by atoms with van der Waals surface area (Å²) in [5.41, 5.74) is 15.0. The van der Waals surface area contributed by atoms with Gasteiger partial charge < -0.3 is 21.5 Å². The average Bonchev–Trinajstić information content (AvgIpc) is 2.67. The maximum Gasteiger partial charge on any atom is 0.241 e. The highest BCUT2D eigenvalue weighted by Crippen LogP contribution is 2.22. The molecule has 0 radical (unpaired) electrons. The van der Waals surface area contributed by atoms with Crippen LogP contribution in [0.15, 0.2) is 42.5 Å². The molecular weight excluding hydrogens is 366 g/mol. The Kier molecular flexibility index (Phi) is 7.40. The quantitative estimate of drug-likeness (QED) is 0.648. The van der Waals surface area contributed by atoms with Crippen molar-refractivity contribution in [1.29, 1.82) is 0 Å². The van der Waals surface area contributed by atoms with Crippen LogP contribution in [0.3, 0.4) is 0 Å². The molecule has 6 heteroatoms. The van der Waals surface area contributed by atoms with Gasteiger partial charge in [0, 0.05) is 5.56 Å². The highest BCUT2D eigenvalue weighted by Gasteiger charge is 2.28. The first-order chi connectivity index (χ1) is 13.7. The SMILES string of the molecule is Cc1cc(O)cc(C)c1CC(N)C(=O)N(CC#Cc1ccccc1)[C@H](C)C(N)=O. The third-order valence-electron chi connectivity index (χ3n) is 4.84. The zero-order valence-corrected chi connectivity index (χ0v) is 17.0. The molecule has 0 saturated carbocycles. The third-order valence-corrected chi connectivity index (χ3v) is 4.84. The lowest BCUT2D eigenvalue weighted by Crippen LogP contribution is -2.52. The number of nitrogens with zero attached hydrogens (tertiary/aromatic N) is 1. The molecule has 152 valence electrons. The smallest absolute Gasteiger partial charge is 0.241 e. The minimum atomic E-state index is -0.864. The predicted octanol–water partition coefficient (Wildman–Crippen LogP) is 1.63. The van der Waals surface area contributed by atoms with Crippen LogP contribution in [0.2, 0.25) is 0 Å². The zero-order valence-electron chi connectivity index (χ0n) is 17.0. The molecule has 2 amide bonds. The van der Waals surface area contributed by atoms with Crippen LogP contribution in [-0.4, -0.2) is 40.4 Å². The summed E-state index contributed by atoms with van der Waals surface area (Å²) in [6, 6.07) is 10.9. The first-order valence-corrected chi connectivity index (χ1v) is 9.39. The van der Waals surface area contributed by atoms with Crippen molar-refractivity contribution in [3.8, 4) is 17.6 Å². The van der Waals surface area contributed by atoms with Gasteiger partial charge in [0.15, 0.2) is 0 Å². The Morgan fingerprint density at radius 3 is 2.28 bits per heavy atom. The summed E-state index contributed by atoms with van der Waals surface area (Å²) in [7, 11) is 0. The number of amides is 2. The number of phenolic OH excluding ortho intramolecular Hbond substituents is 1.